The molecule has 2 aromatic rings. The van der Waals surface area contributed by atoms with Crippen molar-refractivity contribution in [2.24, 2.45) is 0 Å². The van der Waals surface area contributed by atoms with Crippen LogP contribution in [0.5, 0.6) is 11.6 Å². The van der Waals surface area contributed by atoms with Gasteiger partial charge in [-0.25, -0.2) is 0 Å². The lowest BCUT2D eigenvalue weighted by Crippen LogP contribution is -1.95. The molecule has 3 nitrogen and oxygen atoms in total. The molecule has 0 aliphatic rings. The van der Waals surface area contributed by atoms with Gasteiger partial charge < -0.3 is 4.74 Å². The number of para-hydroxylation sites is 1. The highest BCUT2D eigenvalue weighted by Gasteiger charge is 2.11. The van der Waals surface area contributed by atoms with E-state index < -0.39 is 0 Å². The van der Waals surface area contributed by atoms with Gasteiger partial charge in [0, 0.05) is 11.6 Å². The molecule has 0 aliphatic carbocycles. The maximum atomic E-state index is 6.05. The van der Waals surface area contributed by atoms with Crippen molar-refractivity contribution in [1.29, 1.82) is 0 Å². The second-order valence-electron chi connectivity index (χ2n) is 4.54. The molecule has 20 heavy (non-hydrogen) atoms. The summed E-state index contributed by atoms with van der Waals surface area (Å²) < 4.78 is 5.77. The van der Waals surface area contributed by atoms with Crippen molar-refractivity contribution in [3.05, 3.63) is 51.6 Å². The monoisotopic (exact) mass is 308 g/mol. The number of hydrogen-bond donors (Lipinski definition) is 0. The van der Waals surface area contributed by atoms with Crippen LogP contribution < -0.4 is 4.74 Å². The summed E-state index contributed by atoms with van der Waals surface area (Å²) in [5.74, 6) is 0.926. The predicted octanol–water partition coefficient (Wildman–Crippen LogP) is 5.39. The van der Waals surface area contributed by atoms with Gasteiger partial charge in [-0.1, -0.05) is 47.0 Å². The van der Waals surface area contributed by atoms with Crippen molar-refractivity contribution >= 4 is 28.8 Å². The van der Waals surface area contributed by atoms with Crippen LogP contribution in [0.15, 0.2) is 35.9 Å². The Morgan fingerprint density at radius 3 is 2.40 bits per heavy atom. The number of benzene rings is 1. The van der Waals surface area contributed by atoms with Crippen LogP contribution in [-0.4, -0.2) is 10.2 Å². The van der Waals surface area contributed by atoms with E-state index in [2.05, 4.69) is 24.0 Å². The van der Waals surface area contributed by atoms with Crippen molar-refractivity contribution in [2.75, 3.05) is 0 Å². The minimum atomic E-state index is 0.233. The molecule has 1 heterocycles. The molecule has 0 saturated carbocycles. The van der Waals surface area contributed by atoms with Crippen LogP contribution in [0, 0.1) is 0 Å². The molecular formula is C15H14Cl2N2O. The van der Waals surface area contributed by atoms with Gasteiger partial charge in [0.25, 0.3) is 5.88 Å². The number of hydrogen-bond acceptors (Lipinski definition) is 3. The van der Waals surface area contributed by atoms with E-state index in [0.29, 0.717) is 10.8 Å². The molecule has 0 unspecified atom stereocenters. The van der Waals surface area contributed by atoms with Crippen LogP contribution >= 0.6 is 23.2 Å². The first kappa shape index (κ1) is 14.8. The van der Waals surface area contributed by atoms with Crippen LogP contribution in [0.25, 0.3) is 5.57 Å². The highest BCUT2D eigenvalue weighted by atomic mass is 35.5. The fourth-order valence-corrected chi connectivity index (χ4v) is 2.03. The molecule has 5 heteroatoms. The molecule has 2 rings (SSSR count). The van der Waals surface area contributed by atoms with Gasteiger partial charge in [-0.2, -0.15) is 0 Å². The summed E-state index contributed by atoms with van der Waals surface area (Å²) in [7, 11) is 0. The van der Waals surface area contributed by atoms with E-state index >= 15 is 0 Å². The van der Waals surface area contributed by atoms with Crippen molar-refractivity contribution in [2.45, 2.75) is 20.8 Å². The van der Waals surface area contributed by atoms with E-state index in [0.717, 1.165) is 11.1 Å². The number of nitrogens with zero attached hydrogens (tertiary/aromatic N) is 2. The Hall–Kier alpha value is -1.58. The van der Waals surface area contributed by atoms with Crippen molar-refractivity contribution in [3.8, 4) is 11.6 Å². The smallest absolute Gasteiger partial charge is 0.257 e. The molecule has 0 radical (unpaired) electrons. The number of halogens is 2. The molecule has 0 amide bonds. The van der Waals surface area contributed by atoms with Crippen LogP contribution in [0.2, 0.25) is 10.2 Å². The first-order valence-electron chi connectivity index (χ1n) is 6.09. The number of ether oxygens (including phenoxy) is 1. The van der Waals surface area contributed by atoms with Crippen LogP contribution in [-0.2, 0) is 0 Å². The molecule has 1 aromatic heterocycles. The number of rotatable bonds is 3. The lowest BCUT2D eigenvalue weighted by atomic mass is 10.0. The van der Waals surface area contributed by atoms with Gasteiger partial charge in [0.1, 0.15) is 10.8 Å². The van der Waals surface area contributed by atoms with Crippen LogP contribution in [0.1, 0.15) is 26.3 Å². The summed E-state index contributed by atoms with van der Waals surface area (Å²) in [6.07, 6.45) is 0. The van der Waals surface area contributed by atoms with Gasteiger partial charge in [-0.15, -0.1) is 10.2 Å². The molecule has 0 aliphatic heterocycles. The van der Waals surface area contributed by atoms with Gasteiger partial charge >= 0.3 is 0 Å². The zero-order valence-electron chi connectivity index (χ0n) is 11.4. The Labute approximate surface area is 128 Å². The van der Waals surface area contributed by atoms with Crippen LogP contribution in [0.4, 0.5) is 0 Å². The van der Waals surface area contributed by atoms with E-state index in [1.807, 2.05) is 31.2 Å². The minimum absolute atomic E-state index is 0.233. The summed E-state index contributed by atoms with van der Waals surface area (Å²) in [6.45, 7) is 6.16. The summed E-state index contributed by atoms with van der Waals surface area (Å²) >= 11 is 11.8. The summed E-state index contributed by atoms with van der Waals surface area (Å²) in [5, 5.41) is 8.17. The Morgan fingerprint density at radius 2 is 1.75 bits per heavy atom. The SMILES string of the molecule is CC(C)=C(C)c1ccccc1Oc1nnc(Cl)cc1Cl. The normalized spacial score (nSPS) is 10.2. The van der Waals surface area contributed by atoms with E-state index in [4.69, 9.17) is 27.9 Å². The number of aromatic nitrogens is 2. The average molecular weight is 309 g/mol. The van der Waals surface area contributed by atoms with Crippen molar-refractivity contribution in [1.82, 2.24) is 10.2 Å². The molecule has 0 atom stereocenters. The zero-order valence-corrected chi connectivity index (χ0v) is 13.0. The van der Waals surface area contributed by atoms with Gasteiger partial charge in [-0.3, -0.25) is 0 Å². The molecule has 0 spiro atoms. The van der Waals surface area contributed by atoms with Gasteiger partial charge in [-0.05, 0) is 32.4 Å². The van der Waals surface area contributed by atoms with Gasteiger partial charge in [0.05, 0.1) is 0 Å². The fraction of sp³-hybridized carbons (Fsp3) is 0.200. The second-order valence-corrected chi connectivity index (χ2v) is 5.34. The standard InChI is InChI=1S/C15H14Cl2N2O/c1-9(2)10(3)11-6-4-5-7-13(11)20-15-12(16)8-14(17)18-19-15/h4-8H,1-3H3. The first-order chi connectivity index (χ1) is 9.49. The minimum Gasteiger partial charge on any atom is -0.436 e. The van der Waals surface area contributed by atoms with E-state index in [-0.39, 0.29) is 11.0 Å². The maximum absolute atomic E-state index is 6.05. The third-order valence-electron chi connectivity index (χ3n) is 2.93. The quantitative estimate of drug-likeness (QED) is 0.762. The lowest BCUT2D eigenvalue weighted by Gasteiger charge is -2.12. The summed E-state index contributed by atoms with van der Waals surface area (Å²) in [4.78, 5) is 0. The molecule has 0 fully saturated rings. The maximum Gasteiger partial charge on any atom is 0.257 e. The van der Waals surface area contributed by atoms with Crippen molar-refractivity contribution in [3.63, 3.8) is 0 Å². The second kappa shape index (κ2) is 6.25. The fourth-order valence-electron chi connectivity index (χ4n) is 1.64. The molecule has 0 N–H and O–H groups in total. The third kappa shape index (κ3) is 3.30. The Balaban J connectivity index is 2.42. The number of allylic oxidation sites excluding steroid dienone is 2. The summed E-state index contributed by atoms with van der Waals surface area (Å²) in [5.41, 5.74) is 3.37. The highest BCUT2D eigenvalue weighted by molar-refractivity contribution is 6.34. The molecule has 1 aromatic carbocycles. The van der Waals surface area contributed by atoms with Gasteiger partial charge in [0.15, 0.2) is 5.15 Å². The molecule has 104 valence electrons. The lowest BCUT2D eigenvalue weighted by molar-refractivity contribution is 0.454. The largest absolute Gasteiger partial charge is 0.436 e. The average Bonchev–Trinajstić information content (AvgIpc) is 2.41. The Kier molecular flexibility index (Phi) is 4.63. The first-order valence-corrected chi connectivity index (χ1v) is 6.84. The molecular weight excluding hydrogens is 295 g/mol. The van der Waals surface area contributed by atoms with Crippen LogP contribution in [0.3, 0.4) is 0 Å². The predicted molar refractivity (Wildman–Crippen MR) is 82.5 cm³/mol. The summed E-state index contributed by atoms with van der Waals surface area (Å²) in [6, 6.07) is 9.23. The van der Waals surface area contributed by atoms with E-state index in [1.165, 1.54) is 11.6 Å². The van der Waals surface area contributed by atoms with E-state index in [9.17, 15) is 0 Å². The molecule has 0 bridgehead atoms. The van der Waals surface area contributed by atoms with E-state index in [1.54, 1.807) is 0 Å². The Bertz CT molecular complexity index is 665. The third-order valence-corrected chi connectivity index (χ3v) is 3.39. The van der Waals surface area contributed by atoms with Gasteiger partial charge in [0.2, 0.25) is 0 Å². The molecule has 0 saturated heterocycles. The topological polar surface area (TPSA) is 35.0 Å². The highest BCUT2D eigenvalue weighted by Crippen LogP contribution is 2.33. The Morgan fingerprint density at radius 1 is 1.05 bits per heavy atom. The van der Waals surface area contributed by atoms with Crippen molar-refractivity contribution < 1.29 is 4.74 Å². The zero-order chi connectivity index (χ0) is 14.7.